The monoisotopic (exact) mass is 369 g/mol. The molecule has 0 N–H and O–H groups in total. The second-order valence-electron chi connectivity index (χ2n) is 5.90. The molecular weight excluding hydrogens is 350 g/mol. The second kappa shape index (κ2) is 7.66. The van der Waals surface area contributed by atoms with Crippen molar-refractivity contribution in [2.45, 2.75) is 20.0 Å². The molecule has 0 bridgehead atoms. The molecule has 1 saturated heterocycles. The Hall–Kier alpha value is -2.73. The molecule has 1 aliphatic heterocycles. The van der Waals surface area contributed by atoms with Gasteiger partial charge in [0, 0.05) is 5.56 Å². The number of methoxy groups -OCH3 is 1. The molecule has 0 saturated carbocycles. The molecule has 6 heteroatoms. The first kappa shape index (κ1) is 18.1. The first-order valence-electron chi connectivity index (χ1n) is 8.18. The van der Waals surface area contributed by atoms with Crippen LogP contribution in [0.5, 0.6) is 11.5 Å². The molecule has 0 aromatic heterocycles. The van der Waals surface area contributed by atoms with Crippen LogP contribution < -0.4 is 14.4 Å². The van der Waals surface area contributed by atoms with Crippen LogP contribution in [0.1, 0.15) is 19.4 Å². The van der Waals surface area contributed by atoms with Crippen molar-refractivity contribution < 1.29 is 19.1 Å². The molecule has 1 fully saturated rings. The van der Waals surface area contributed by atoms with Crippen LogP contribution in [0, 0.1) is 0 Å². The van der Waals surface area contributed by atoms with E-state index in [4.69, 9.17) is 9.47 Å². The second-order valence-corrected chi connectivity index (χ2v) is 6.89. The highest BCUT2D eigenvalue weighted by molar-refractivity contribution is 8.19. The zero-order valence-corrected chi connectivity index (χ0v) is 15.6. The quantitative estimate of drug-likeness (QED) is 0.714. The standard InChI is InChI=1S/C20H19NO4S/c1-13(2)25-18-14(8-7-11-16(18)24-3)12-17-19(22)21(20(23)26-17)15-9-5-4-6-10-15/h4-13H,1-3H3/b17-12+. The fourth-order valence-corrected chi connectivity index (χ4v) is 3.41. The first-order valence-corrected chi connectivity index (χ1v) is 8.99. The Kier molecular flexibility index (Phi) is 5.32. The number of hydrogen-bond acceptors (Lipinski definition) is 5. The number of thioether (sulfide) groups is 1. The van der Waals surface area contributed by atoms with Gasteiger partial charge in [-0.1, -0.05) is 30.3 Å². The molecule has 1 aliphatic rings. The summed E-state index contributed by atoms with van der Waals surface area (Å²) in [6, 6.07) is 14.3. The van der Waals surface area contributed by atoms with E-state index in [1.54, 1.807) is 43.5 Å². The molecule has 0 aliphatic carbocycles. The van der Waals surface area contributed by atoms with Gasteiger partial charge in [-0.05, 0) is 49.9 Å². The van der Waals surface area contributed by atoms with E-state index in [2.05, 4.69) is 0 Å². The summed E-state index contributed by atoms with van der Waals surface area (Å²) in [6.07, 6.45) is 1.62. The number of benzene rings is 2. The highest BCUT2D eigenvalue weighted by Crippen LogP contribution is 2.39. The Labute approximate surface area is 156 Å². The van der Waals surface area contributed by atoms with E-state index in [-0.39, 0.29) is 17.3 Å². The highest BCUT2D eigenvalue weighted by Gasteiger charge is 2.36. The number of hydrogen-bond donors (Lipinski definition) is 0. The van der Waals surface area contributed by atoms with E-state index in [9.17, 15) is 9.59 Å². The molecule has 134 valence electrons. The lowest BCUT2D eigenvalue weighted by Gasteiger charge is -2.16. The molecule has 0 spiro atoms. The SMILES string of the molecule is COc1cccc(/C=C2/SC(=O)N(c3ccccc3)C2=O)c1OC(C)C. The van der Waals surface area contributed by atoms with Gasteiger partial charge in [0.1, 0.15) is 0 Å². The number of anilines is 1. The molecule has 2 aromatic rings. The normalized spacial score (nSPS) is 15.8. The third kappa shape index (κ3) is 3.60. The van der Waals surface area contributed by atoms with Crippen LogP contribution in [0.4, 0.5) is 10.5 Å². The van der Waals surface area contributed by atoms with Gasteiger partial charge in [-0.2, -0.15) is 0 Å². The van der Waals surface area contributed by atoms with Gasteiger partial charge in [-0.3, -0.25) is 9.59 Å². The van der Waals surface area contributed by atoms with Crippen LogP contribution in [0.2, 0.25) is 0 Å². The summed E-state index contributed by atoms with van der Waals surface area (Å²) in [4.78, 5) is 26.6. The van der Waals surface area contributed by atoms with Crippen molar-refractivity contribution in [2.75, 3.05) is 12.0 Å². The van der Waals surface area contributed by atoms with Crippen molar-refractivity contribution in [3.8, 4) is 11.5 Å². The Morgan fingerprint density at radius 3 is 2.42 bits per heavy atom. The minimum absolute atomic E-state index is 0.0576. The Morgan fingerprint density at radius 2 is 1.77 bits per heavy atom. The lowest BCUT2D eigenvalue weighted by Crippen LogP contribution is -2.27. The molecule has 0 radical (unpaired) electrons. The van der Waals surface area contributed by atoms with Crippen LogP contribution >= 0.6 is 11.8 Å². The van der Waals surface area contributed by atoms with Crippen LogP contribution in [0.25, 0.3) is 6.08 Å². The minimum atomic E-state index is -0.343. The lowest BCUT2D eigenvalue weighted by molar-refractivity contribution is -0.113. The van der Waals surface area contributed by atoms with Crippen molar-refractivity contribution in [2.24, 2.45) is 0 Å². The Bertz CT molecular complexity index is 861. The van der Waals surface area contributed by atoms with Crippen molar-refractivity contribution >= 4 is 34.7 Å². The highest BCUT2D eigenvalue weighted by atomic mass is 32.2. The van der Waals surface area contributed by atoms with Crippen molar-refractivity contribution in [1.82, 2.24) is 0 Å². The largest absolute Gasteiger partial charge is 0.493 e. The van der Waals surface area contributed by atoms with Gasteiger partial charge in [0.2, 0.25) is 0 Å². The maximum atomic E-state index is 12.8. The van der Waals surface area contributed by atoms with Gasteiger partial charge < -0.3 is 9.47 Å². The Balaban J connectivity index is 1.99. The molecule has 26 heavy (non-hydrogen) atoms. The summed E-state index contributed by atoms with van der Waals surface area (Å²) in [5, 5.41) is -0.318. The number of carbonyl (C=O) groups excluding carboxylic acids is 2. The third-order valence-electron chi connectivity index (χ3n) is 3.68. The fraction of sp³-hybridized carbons (Fsp3) is 0.200. The van der Waals surface area contributed by atoms with E-state index in [1.165, 1.54) is 4.90 Å². The number of rotatable bonds is 5. The lowest BCUT2D eigenvalue weighted by atomic mass is 10.1. The zero-order valence-electron chi connectivity index (χ0n) is 14.8. The summed E-state index contributed by atoms with van der Waals surface area (Å²) in [6.45, 7) is 3.83. The molecule has 0 atom stereocenters. The summed E-state index contributed by atoms with van der Waals surface area (Å²) in [5.74, 6) is 0.788. The van der Waals surface area contributed by atoms with Crippen LogP contribution in [0.3, 0.4) is 0 Å². The molecule has 5 nitrogen and oxygen atoms in total. The van der Waals surface area contributed by atoms with Crippen LogP contribution in [0.15, 0.2) is 53.4 Å². The number of para-hydroxylation sites is 2. The Morgan fingerprint density at radius 1 is 1.04 bits per heavy atom. The number of ether oxygens (including phenoxy) is 2. The van der Waals surface area contributed by atoms with E-state index in [0.29, 0.717) is 27.7 Å². The van der Waals surface area contributed by atoms with E-state index in [0.717, 1.165) is 11.8 Å². The molecule has 2 aromatic carbocycles. The number of amides is 2. The van der Waals surface area contributed by atoms with E-state index in [1.807, 2.05) is 32.0 Å². The molecule has 2 amide bonds. The topological polar surface area (TPSA) is 55.8 Å². The number of carbonyl (C=O) groups is 2. The maximum absolute atomic E-state index is 12.8. The van der Waals surface area contributed by atoms with Gasteiger partial charge in [-0.15, -0.1) is 0 Å². The number of imide groups is 1. The predicted molar refractivity (Wildman–Crippen MR) is 104 cm³/mol. The zero-order chi connectivity index (χ0) is 18.7. The van der Waals surface area contributed by atoms with Gasteiger partial charge in [-0.25, -0.2) is 4.90 Å². The van der Waals surface area contributed by atoms with Crippen molar-refractivity contribution in [3.05, 3.63) is 59.0 Å². The fourth-order valence-electron chi connectivity index (χ4n) is 2.58. The predicted octanol–water partition coefficient (Wildman–Crippen LogP) is 4.72. The summed E-state index contributed by atoms with van der Waals surface area (Å²) >= 11 is 0.915. The molecular formula is C20H19NO4S. The van der Waals surface area contributed by atoms with Crippen molar-refractivity contribution in [1.29, 1.82) is 0 Å². The van der Waals surface area contributed by atoms with Gasteiger partial charge in [0.05, 0.1) is 23.8 Å². The summed E-state index contributed by atoms with van der Waals surface area (Å²) in [5.41, 5.74) is 1.25. The average Bonchev–Trinajstić information content (AvgIpc) is 2.90. The van der Waals surface area contributed by atoms with Gasteiger partial charge in [0.15, 0.2) is 11.5 Å². The summed E-state index contributed by atoms with van der Waals surface area (Å²) in [7, 11) is 1.57. The molecule has 3 rings (SSSR count). The van der Waals surface area contributed by atoms with Crippen LogP contribution in [-0.4, -0.2) is 24.4 Å². The minimum Gasteiger partial charge on any atom is -0.493 e. The summed E-state index contributed by atoms with van der Waals surface area (Å²) < 4.78 is 11.2. The van der Waals surface area contributed by atoms with Gasteiger partial charge >= 0.3 is 0 Å². The first-order chi connectivity index (χ1) is 12.5. The van der Waals surface area contributed by atoms with Gasteiger partial charge in [0.25, 0.3) is 11.1 Å². The van der Waals surface area contributed by atoms with Crippen LogP contribution in [-0.2, 0) is 4.79 Å². The van der Waals surface area contributed by atoms with E-state index < -0.39 is 0 Å². The molecule has 1 heterocycles. The average molecular weight is 369 g/mol. The third-order valence-corrected chi connectivity index (χ3v) is 4.55. The maximum Gasteiger partial charge on any atom is 0.298 e. The van der Waals surface area contributed by atoms with Crippen molar-refractivity contribution in [3.63, 3.8) is 0 Å². The smallest absolute Gasteiger partial charge is 0.298 e. The number of nitrogens with zero attached hydrogens (tertiary/aromatic N) is 1. The molecule has 0 unspecified atom stereocenters. The van der Waals surface area contributed by atoms with E-state index >= 15 is 0 Å².